The van der Waals surface area contributed by atoms with Gasteiger partial charge in [0.15, 0.2) is 0 Å². The van der Waals surface area contributed by atoms with E-state index in [1.54, 1.807) is 7.05 Å². The fourth-order valence-corrected chi connectivity index (χ4v) is 3.90. The predicted molar refractivity (Wildman–Crippen MR) is 116 cm³/mol. The van der Waals surface area contributed by atoms with Gasteiger partial charge in [-0.3, -0.25) is 9.69 Å². The number of amides is 1. The van der Waals surface area contributed by atoms with E-state index in [1.165, 1.54) is 11.1 Å². The minimum atomic E-state index is -0.141. The molecule has 1 fully saturated rings. The Kier molecular flexibility index (Phi) is 7.26. The van der Waals surface area contributed by atoms with Crippen LogP contribution in [0.2, 0.25) is 5.02 Å². The van der Waals surface area contributed by atoms with Gasteiger partial charge in [0.25, 0.3) is 0 Å². The molecule has 2 atom stereocenters. The Morgan fingerprint density at radius 1 is 1.18 bits per heavy atom. The van der Waals surface area contributed by atoms with Gasteiger partial charge in [-0.05, 0) is 30.5 Å². The maximum Gasteiger partial charge on any atom is 0.237 e. The zero-order chi connectivity index (χ0) is 19.9. The molecule has 0 bridgehead atoms. The van der Waals surface area contributed by atoms with Gasteiger partial charge < -0.3 is 10.6 Å². The number of likely N-dealkylation sites (N-methyl/N-ethyl adjacent to an activating group) is 1. The van der Waals surface area contributed by atoms with Crippen molar-refractivity contribution in [1.82, 2.24) is 15.5 Å². The molecule has 5 heteroatoms. The molecule has 0 aliphatic carbocycles. The minimum absolute atomic E-state index is 0.0629. The first-order valence-corrected chi connectivity index (χ1v) is 10.1. The Bertz CT molecular complexity index is 822. The summed E-state index contributed by atoms with van der Waals surface area (Å²) in [5.41, 5.74) is 3.53. The maximum atomic E-state index is 12.4. The average molecular weight is 398 g/mol. The molecule has 1 aliphatic heterocycles. The molecule has 2 N–H and O–H groups in total. The highest BCUT2D eigenvalue weighted by molar-refractivity contribution is 6.31. The van der Waals surface area contributed by atoms with Gasteiger partial charge in [-0.1, -0.05) is 71.8 Å². The number of benzene rings is 2. The van der Waals surface area contributed by atoms with Crippen LogP contribution in [0.4, 0.5) is 0 Å². The van der Waals surface area contributed by atoms with E-state index in [0.717, 1.165) is 30.1 Å². The molecule has 0 unspecified atom stereocenters. The summed E-state index contributed by atoms with van der Waals surface area (Å²) < 4.78 is 0. The number of nitrogens with zero attached hydrogens (tertiary/aromatic N) is 1. The fourth-order valence-electron chi connectivity index (χ4n) is 3.70. The van der Waals surface area contributed by atoms with Gasteiger partial charge in [0.05, 0.1) is 6.04 Å². The van der Waals surface area contributed by atoms with E-state index in [9.17, 15) is 4.79 Å². The third-order valence-corrected chi connectivity index (χ3v) is 5.53. The fraction of sp³-hybridized carbons (Fsp3) is 0.348. The molecule has 1 amide bonds. The molecule has 148 valence electrons. The smallest absolute Gasteiger partial charge is 0.237 e. The van der Waals surface area contributed by atoms with Crippen molar-refractivity contribution in [3.63, 3.8) is 0 Å². The van der Waals surface area contributed by atoms with Crippen molar-refractivity contribution in [3.05, 3.63) is 76.3 Å². The number of nitrogens with one attached hydrogen (secondary N) is 2. The van der Waals surface area contributed by atoms with Crippen LogP contribution in [0.3, 0.4) is 0 Å². The Morgan fingerprint density at radius 3 is 2.61 bits per heavy atom. The quantitative estimate of drug-likeness (QED) is 0.748. The van der Waals surface area contributed by atoms with Crippen LogP contribution in [0.25, 0.3) is 6.08 Å². The van der Waals surface area contributed by atoms with E-state index in [0.29, 0.717) is 6.54 Å². The van der Waals surface area contributed by atoms with Crippen LogP contribution in [0.5, 0.6) is 0 Å². The molecule has 0 saturated carbocycles. The molecule has 4 nitrogen and oxygen atoms in total. The summed E-state index contributed by atoms with van der Waals surface area (Å²) in [5, 5.41) is 7.17. The Morgan fingerprint density at radius 2 is 1.89 bits per heavy atom. The standard InChI is InChI=1S/C23H28ClN3O/c1-17(12-18-8-4-3-5-9-18)14-26-20-13-22(23(28)25-2)27(16-20)15-19-10-6-7-11-21(19)24/h3-12,20,22,26H,13-16H2,1-2H3,(H,25,28)/b17-12+/t20-,22-/m0/s1. The molecule has 0 aromatic heterocycles. The van der Waals surface area contributed by atoms with Gasteiger partial charge in [-0.25, -0.2) is 0 Å². The van der Waals surface area contributed by atoms with E-state index in [1.807, 2.05) is 42.5 Å². The minimum Gasteiger partial charge on any atom is -0.358 e. The molecule has 28 heavy (non-hydrogen) atoms. The van der Waals surface area contributed by atoms with Gasteiger partial charge in [-0.2, -0.15) is 0 Å². The highest BCUT2D eigenvalue weighted by Gasteiger charge is 2.36. The van der Waals surface area contributed by atoms with Crippen molar-refractivity contribution in [2.45, 2.75) is 32.0 Å². The lowest BCUT2D eigenvalue weighted by Crippen LogP contribution is -2.41. The number of rotatable bonds is 7. The summed E-state index contributed by atoms with van der Waals surface area (Å²) in [6, 6.07) is 18.3. The SMILES string of the molecule is CNC(=O)[C@@H]1C[C@H](NC/C(C)=C/c2ccccc2)CN1Cc1ccccc1Cl. The third-order valence-electron chi connectivity index (χ3n) is 5.17. The Hall–Kier alpha value is -2.14. The first kappa shape index (κ1) is 20.6. The summed E-state index contributed by atoms with van der Waals surface area (Å²) in [7, 11) is 1.70. The summed E-state index contributed by atoms with van der Waals surface area (Å²) in [4.78, 5) is 14.6. The van der Waals surface area contributed by atoms with E-state index >= 15 is 0 Å². The molecule has 1 heterocycles. The Balaban J connectivity index is 1.62. The molecule has 0 radical (unpaired) electrons. The molecule has 1 saturated heterocycles. The lowest BCUT2D eigenvalue weighted by molar-refractivity contribution is -0.125. The average Bonchev–Trinajstić information content (AvgIpc) is 3.11. The largest absolute Gasteiger partial charge is 0.358 e. The number of halogens is 1. The predicted octanol–water partition coefficient (Wildman–Crippen LogP) is 3.72. The van der Waals surface area contributed by atoms with Crippen molar-refractivity contribution < 1.29 is 4.79 Å². The van der Waals surface area contributed by atoms with Gasteiger partial charge in [-0.15, -0.1) is 0 Å². The zero-order valence-electron chi connectivity index (χ0n) is 16.5. The molecular formula is C23H28ClN3O. The van der Waals surface area contributed by atoms with Crippen molar-refractivity contribution in [3.8, 4) is 0 Å². The summed E-state index contributed by atoms with van der Waals surface area (Å²) in [6.07, 6.45) is 2.99. The van der Waals surface area contributed by atoms with Crippen LogP contribution in [0.1, 0.15) is 24.5 Å². The summed E-state index contributed by atoms with van der Waals surface area (Å²) >= 11 is 6.33. The Labute approximate surface area is 172 Å². The van der Waals surface area contributed by atoms with Crippen molar-refractivity contribution in [1.29, 1.82) is 0 Å². The lowest BCUT2D eigenvalue weighted by Gasteiger charge is -2.23. The molecule has 1 aliphatic rings. The van der Waals surface area contributed by atoms with Gasteiger partial charge in [0.1, 0.15) is 0 Å². The van der Waals surface area contributed by atoms with Crippen molar-refractivity contribution in [2.24, 2.45) is 0 Å². The normalized spacial score (nSPS) is 20.3. The van der Waals surface area contributed by atoms with Crippen molar-refractivity contribution in [2.75, 3.05) is 20.1 Å². The maximum absolute atomic E-state index is 12.4. The van der Waals surface area contributed by atoms with Crippen LogP contribution in [-0.2, 0) is 11.3 Å². The first-order valence-electron chi connectivity index (χ1n) is 9.71. The van der Waals surface area contributed by atoms with Gasteiger partial charge in [0.2, 0.25) is 5.91 Å². The van der Waals surface area contributed by atoms with E-state index in [2.05, 4.69) is 40.7 Å². The third kappa shape index (κ3) is 5.44. The zero-order valence-corrected chi connectivity index (χ0v) is 17.2. The van der Waals surface area contributed by atoms with Gasteiger partial charge >= 0.3 is 0 Å². The number of hydrogen-bond donors (Lipinski definition) is 2. The first-order chi connectivity index (χ1) is 13.6. The number of carbonyl (C=O) groups is 1. The van der Waals surface area contributed by atoms with Gasteiger partial charge in [0, 0.05) is 37.7 Å². The second-order valence-corrected chi connectivity index (χ2v) is 7.77. The molecular weight excluding hydrogens is 370 g/mol. The van der Waals surface area contributed by atoms with Crippen LogP contribution in [0.15, 0.2) is 60.2 Å². The van der Waals surface area contributed by atoms with E-state index in [-0.39, 0.29) is 18.0 Å². The topological polar surface area (TPSA) is 44.4 Å². The number of carbonyl (C=O) groups excluding carboxylic acids is 1. The van der Waals surface area contributed by atoms with Crippen LogP contribution in [-0.4, -0.2) is 43.0 Å². The molecule has 3 rings (SSSR count). The lowest BCUT2D eigenvalue weighted by atomic mass is 10.1. The number of hydrogen-bond acceptors (Lipinski definition) is 3. The molecule has 2 aromatic rings. The molecule has 2 aromatic carbocycles. The monoisotopic (exact) mass is 397 g/mol. The van der Waals surface area contributed by atoms with E-state index < -0.39 is 0 Å². The highest BCUT2D eigenvalue weighted by atomic mass is 35.5. The van der Waals surface area contributed by atoms with Crippen LogP contribution >= 0.6 is 11.6 Å². The van der Waals surface area contributed by atoms with Crippen molar-refractivity contribution >= 4 is 23.6 Å². The highest BCUT2D eigenvalue weighted by Crippen LogP contribution is 2.24. The second kappa shape index (κ2) is 9.87. The van der Waals surface area contributed by atoms with E-state index in [4.69, 9.17) is 11.6 Å². The summed E-state index contributed by atoms with van der Waals surface area (Å²) in [6.45, 7) is 4.43. The van der Waals surface area contributed by atoms with Crippen LogP contribution in [0, 0.1) is 0 Å². The summed E-state index contributed by atoms with van der Waals surface area (Å²) in [5.74, 6) is 0.0629. The number of likely N-dealkylation sites (tertiary alicyclic amines) is 1. The second-order valence-electron chi connectivity index (χ2n) is 7.37. The van der Waals surface area contributed by atoms with Crippen LogP contribution < -0.4 is 10.6 Å². The molecule has 0 spiro atoms.